The Hall–Kier alpha value is -0.910. The molecule has 2 rings (SSSR count). The minimum atomic E-state index is -0.180. The molecule has 0 fully saturated rings. The van der Waals surface area contributed by atoms with Crippen molar-refractivity contribution in [3.05, 3.63) is 46.2 Å². The van der Waals surface area contributed by atoms with E-state index in [0.29, 0.717) is 18.0 Å². The Balaban J connectivity index is 0.00000392. The fourth-order valence-electron chi connectivity index (χ4n) is 2.34. The van der Waals surface area contributed by atoms with Gasteiger partial charge >= 0.3 is 0 Å². The Bertz CT molecular complexity index is 744. The van der Waals surface area contributed by atoms with E-state index in [4.69, 9.17) is 4.74 Å². The van der Waals surface area contributed by atoms with Crippen LogP contribution in [0.4, 0.5) is 4.39 Å². The van der Waals surface area contributed by atoms with Gasteiger partial charge in [0.2, 0.25) is 0 Å². The van der Waals surface area contributed by atoms with Gasteiger partial charge in [-0.15, -0.1) is 47.1 Å². The van der Waals surface area contributed by atoms with Crippen LogP contribution in [0.5, 0.6) is 0 Å². The van der Waals surface area contributed by atoms with Gasteiger partial charge in [0.25, 0.3) is 0 Å². The number of guanidine groups is 1. The van der Waals surface area contributed by atoms with Crippen molar-refractivity contribution in [2.24, 2.45) is 4.99 Å². The molecule has 28 heavy (non-hydrogen) atoms. The van der Waals surface area contributed by atoms with E-state index in [1.807, 2.05) is 31.9 Å². The molecule has 1 aromatic carbocycles. The van der Waals surface area contributed by atoms with E-state index in [9.17, 15) is 4.39 Å². The van der Waals surface area contributed by atoms with Crippen LogP contribution in [0.25, 0.3) is 0 Å². The molecule has 0 aliphatic rings. The molecule has 0 amide bonds. The summed E-state index contributed by atoms with van der Waals surface area (Å²) in [6.07, 6.45) is 0.00590. The van der Waals surface area contributed by atoms with Gasteiger partial charge in [-0.1, -0.05) is 12.1 Å². The number of rotatable bonds is 9. The molecule has 5 nitrogen and oxygen atoms in total. The predicted octanol–water partition coefficient (Wildman–Crippen LogP) is 4.80. The lowest BCUT2D eigenvalue weighted by Crippen LogP contribution is -2.38. The van der Waals surface area contributed by atoms with Gasteiger partial charge in [0.15, 0.2) is 5.96 Å². The third-order valence-corrected chi connectivity index (χ3v) is 5.90. The number of aliphatic imine (C=N–C) groups is 1. The molecule has 0 saturated heterocycles. The molecule has 0 radical (unpaired) electrons. The van der Waals surface area contributed by atoms with Crippen molar-refractivity contribution in [1.29, 1.82) is 0 Å². The maximum absolute atomic E-state index is 13.7. The molecule has 1 aromatic heterocycles. The van der Waals surface area contributed by atoms with E-state index in [-0.39, 0.29) is 35.9 Å². The molecule has 1 heterocycles. The van der Waals surface area contributed by atoms with Crippen molar-refractivity contribution in [2.45, 2.75) is 31.4 Å². The Morgan fingerprint density at radius 1 is 1.43 bits per heavy atom. The molecule has 0 bridgehead atoms. The summed E-state index contributed by atoms with van der Waals surface area (Å²) in [5, 5.41) is 6.33. The van der Waals surface area contributed by atoms with Crippen LogP contribution < -0.4 is 5.32 Å². The summed E-state index contributed by atoms with van der Waals surface area (Å²) < 4.78 is 19.0. The van der Waals surface area contributed by atoms with Gasteiger partial charge in [-0.25, -0.2) is 9.37 Å². The third kappa shape index (κ3) is 7.84. The summed E-state index contributed by atoms with van der Waals surface area (Å²) in [4.78, 5) is 12.0. The van der Waals surface area contributed by atoms with E-state index >= 15 is 0 Å². The summed E-state index contributed by atoms with van der Waals surface area (Å²) in [6, 6.07) is 6.82. The fourth-order valence-corrected chi connectivity index (χ4v) is 3.96. The maximum Gasteiger partial charge on any atom is 0.194 e. The van der Waals surface area contributed by atoms with E-state index in [1.54, 1.807) is 30.6 Å². The molecule has 0 spiro atoms. The number of halogens is 2. The van der Waals surface area contributed by atoms with Crippen LogP contribution in [0.2, 0.25) is 0 Å². The molecule has 0 aliphatic heterocycles. The second kappa shape index (κ2) is 13.3. The van der Waals surface area contributed by atoms with Gasteiger partial charge in [-0.3, -0.25) is 4.99 Å². The van der Waals surface area contributed by atoms with Crippen LogP contribution in [-0.4, -0.2) is 48.8 Å². The second-order valence-electron chi connectivity index (χ2n) is 5.93. The molecule has 156 valence electrons. The van der Waals surface area contributed by atoms with Gasteiger partial charge in [0, 0.05) is 36.7 Å². The minimum absolute atomic E-state index is 0. The lowest BCUT2D eigenvalue weighted by molar-refractivity contribution is 0.119. The number of aromatic nitrogens is 1. The summed E-state index contributed by atoms with van der Waals surface area (Å²) >= 11 is 3.09. The first-order valence-corrected chi connectivity index (χ1v) is 10.8. The number of nitrogens with one attached hydrogen (secondary N) is 1. The highest BCUT2D eigenvalue weighted by Crippen LogP contribution is 2.22. The minimum Gasteiger partial charge on any atom is -0.375 e. The first-order chi connectivity index (χ1) is 13.0. The topological polar surface area (TPSA) is 49.8 Å². The van der Waals surface area contributed by atoms with E-state index in [1.165, 1.54) is 17.8 Å². The normalized spacial score (nSPS) is 12.4. The SMILES string of the molecule is CCNC(=NCCSc1ccccc1F)N(C)Cc1csc(C(C)OC)n1.I. The van der Waals surface area contributed by atoms with E-state index in [2.05, 4.69) is 20.7 Å². The lowest BCUT2D eigenvalue weighted by atomic mass is 10.3. The van der Waals surface area contributed by atoms with Crippen molar-refractivity contribution in [2.75, 3.05) is 33.0 Å². The van der Waals surface area contributed by atoms with Crippen LogP contribution in [0, 0.1) is 5.82 Å². The van der Waals surface area contributed by atoms with Gasteiger partial charge in [0.05, 0.1) is 18.8 Å². The number of nitrogens with zero attached hydrogens (tertiary/aromatic N) is 3. The van der Waals surface area contributed by atoms with Gasteiger partial charge < -0.3 is 15.0 Å². The van der Waals surface area contributed by atoms with Crippen LogP contribution >= 0.6 is 47.1 Å². The van der Waals surface area contributed by atoms with Crippen LogP contribution in [0.1, 0.15) is 30.7 Å². The highest BCUT2D eigenvalue weighted by atomic mass is 127. The average Bonchev–Trinajstić information content (AvgIpc) is 3.13. The molecule has 1 unspecified atom stereocenters. The van der Waals surface area contributed by atoms with Crippen LogP contribution in [0.3, 0.4) is 0 Å². The van der Waals surface area contributed by atoms with Crippen molar-refractivity contribution < 1.29 is 9.13 Å². The summed E-state index contributed by atoms with van der Waals surface area (Å²) in [5.41, 5.74) is 0.993. The predicted molar refractivity (Wildman–Crippen MR) is 128 cm³/mol. The third-order valence-electron chi connectivity index (χ3n) is 3.81. The molecule has 0 aliphatic carbocycles. The molecule has 2 aromatic rings. The number of benzene rings is 1. The zero-order valence-corrected chi connectivity index (χ0v) is 20.6. The van der Waals surface area contributed by atoms with Crippen molar-refractivity contribution >= 4 is 53.0 Å². The fraction of sp³-hybridized carbons (Fsp3) is 0.474. The highest BCUT2D eigenvalue weighted by molar-refractivity contribution is 14.0. The monoisotopic (exact) mass is 538 g/mol. The van der Waals surface area contributed by atoms with E-state index < -0.39 is 0 Å². The van der Waals surface area contributed by atoms with Crippen LogP contribution in [-0.2, 0) is 11.3 Å². The number of ether oxygens (including phenoxy) is 1. The van der Waals surface area contributed by atoms with Crippen LogP contribution in [0.15, 0.2) is 39.5 Å². The Morgan fingerprint density at radius 3 is 2.86 bits per heavy atom. The second-order valence-corrected chi connectivity index (χ2v) is 7.95. The van der Waals surface area contributed by atoms with Crippen molar-refractivity contribution in [3.63, 3.8) is 0 Å². The van der Waals surface area contributed by atoms with Gasteiger partial charge in [-0.2, -0.15) is 0 Å². The van der Waals surface area contributed by atoms with Crippen molar-refractivity contribution in [3.8, 4) is 0 Å². The van der Waals surface area contributed by atoms with Gasteiger partial charge in [0.1, 0.15) is 16.9 Å². The first kappa shape index (κ1) is 25.1. The Morgan fingerprint density at radius 2 is 2.18 bits per heavy atom. The molecular formula is C19H28FIN4OS2. The molecule has 1 N–H and O–H groups in total. The molecule has 0 saturated carbocycles. The number of thioether (sulfide) groups is 1. The zero-order valence-electron chi connectivity index (χ0n) is 16.6. The highest BCUT2D eigenvalue weighted by Gasteiger charge is 2.12. The molecular weight excluding hydrogens is 510 g/mol. The summed E-state index contributed by atoms with van der Waals surface area (Å²) in [7, 11) is 3.68. The number of hydrogen-bond donors (Lipinski definition) is 1. The molecule has 9 heteroatoms. The standard InChI is InChI=1S/C19H27FN4OS2.HI/c1-5-21-19(22-10-11-26-17-9-7-6-8-16(17)20)24(3)12-15-13-27-18(23-15)14(2)25-4;/h6-9,13-14H,5,10-12H2,1-4H3,(H,21,22);1H. The Labute approximate surface area is 192 Å². The average molecular weight is 538 g/mol. The number of hydrogen-bond acceptors (Lipinski definition) is 5. The summed E-state index contributed by atoms with van der Waals surface area (Å²) in [5.74, 6) is 1.36. The Kier molecular flexibility index (Phi) is 12.0. The van der Waals surface area contributed by atoms with E-state index in [0.717, 1.165) is 29.0 Å². The van der Waals surface area contributed by atoms with Crippen molar-refractivity contribution in [1.82, 2.24) is 15.2 Å². The quantitative estimate of drug-likeness (QED) is 0.164. The van der Waals surface area contributed by atoms with Gasteiger partial charge in [-0.05, 0) is 26.0 Å². The lowest BCUT2D eigenvalue weighted by Gasteiger charge is -2.21. The maximum atomic E-state index is 13.7. The number of thiazole rings is 1. The summed E-state index contributed by atoms with van der Waals surface area (Å²) in [6.45, 7) is 6.09. The first-order valence-electron chi connectivity index (χ1n) is 8.89. The molecule has 1 atom stereocenters. The zero-order chi connectivity index (χ0) is 19.6. The smallest absolute Gasteiger partial charge is 0.194 e. The number of methoxy groups -OCH3 is 1. The largest absolute Gasteiger partial charge is 0.375 e.